The number of methoxy groups -OCH3 is 1. The molecule has 0 atom stereocenters. The summed E-state index contributed by atoms with van der Waals surface area (Å²) in [6.45, 7) is 0.157. The molecule has 15 heavy (non-hydrogen) atoms. The van der Waals surface area contributed by atoms with Crippen molar-refractivity contribution < 1.29 is 19.5 Å². The lowest BCUT2D eigenvalue weighted by Gasteiger charge is -2.00. The molecule has 0 fully saturated rings. The molecule has 6 nitrogen and oxygen atoms in total. The molecule has 0 aromatic heterocycles. The minimum absolute atomic E-state index is 0.157. The number of ether oxygens (including phenoxy) is 1. The molecule has 0 aromatic rings. The summed E-state index contributed by atoms with van der Waals surface area (Å²) in [4.78, 5) is 24.6. The van der Waals surface area contributed by atoms with E-state index in [0.29, 0.717) is 12.8 Å². The van der Waals surface area contributed by atoms with E-state index in [2.05, 4.69) is 9.57 Å². The van der Waals surface area contributed by atoms with E-state index in [1.54, 1.807) is 0 Å². The molecule has 0 aromatic carbocycles. The van der Waals surface area contributed by atoms with Crippen molar-refractivity contribution in [2.75, 3.05) is 13.7 Å². The fourth-order valence-corrected chi connectivity index (χ4v) is 1.14. The monoisotopic (exact) mass is 219 g/mol. The molecule has 0 radical (unpaired) electrons. The summed E-state index contributed by atoms with van der Waals surface area (Å²) in [5, 5.41) is 8.99. The molecule has 0 bridgehead atoms. The summed E-state index contributed by atoms with van der Waals surface area (Å²) >= 11 is 0. The highest BCUT2D eigenvalue weighted by Crippen LogP contribution is 2.05. The predicted molar refractivity (Wildman–Crippen MR) is 52.7 cm³/mol. The Hall–Kier alpha value is -1.33. The van der Waals surface area contributed by atoms with E-state index in [1.807, 2.05) is 0 Å². The van der Waals surface area contributed by atoms with Crippen molar-refractivity contribution in [2.45, 2.75) is 38.5 Å². The van der Waals surface area contributed by atoms with Gasteiger partial charge in [-0.15, -0.1) is 10.1 Å². The highest BCUT2D eigenvalue weighted by Gasteiger charge is 1.99. The molecule has 0 heterocycles. The summed E-state index contributed by atoms with van der Waals surface area (Å²) in [6, 6.07) is 0. The Morgan fingerprint density at radius 3 is 2.40 bits per heavy atom. The maximum Gasteiger partial charge on any atom is 0.305 e. The van der Waals surface area contributed by atoms with Crippen molar-refractivity contribution in [3.05, 3.63) is 10.1 Å². The first-order valence-corrected chi connectivity index (χ1v) is 5.01. The average molecular weight is 219 g/mol. The van der Waals surface area contributed by atoms with Gasteiger partial charge >= 0.3 is 5.97 Å². The smallest absolute Gasteiger partial charge is 0.305 e. The van der Waals surface area contributed by atoms with Crippen LogP contribution in [0.15, 0.2) is 0 Å². The molecule has 0 aliphatic rings. The van der Waals surface area contributed by atoms with Crippen LogP contribution in [-0.2, 0) is 14.4 Å². The molecule has 0 amide bonds. The summed E-state index contributed by atoms with van der Waals surface area (Å²) in [5.74, 6) is -0.188. The molecular weight excluding hydrogens is 202 g/mol. The highest BCUT2D eigenvalue weighted by molar-refractivity contribution is 5.68. The quantitative estimate of drug-likeness (QED) is 0.255. The summed E-state index contributed by atoms with van der Waals surface area (Å²) in [6.07, 6.45) is 4.71. The van der Waals surface area contributed by atoms with Crippen LogP contribution in [0.25, 0.3) is 0 Å². The maximum absolute atomic E-state index is 10.7. The Bertz CT molecular complexity index is 195. The van der Waals surface area contributed by atoms with Crippen LogP contribution >= 0.6 is 0 Å². The zero-order valence-electron chi connectivity index (χ0n) is 8.94. The van der Waals surface area contributed by atoms with Crippen LogP contribution in [0, 0.1) is 10.1 Å². The molecule has 0 spiro atoms. The molecule has 88 valence electrons. The van der Waals surface area contributed by atoms with Gasteiger partial charge in [-0.2, -0.15) is 0 Å². The lowest BCUT2D eigenvalue weighted by molar-refractivity contribution is -0.757. The molecule has 0 saturated heterocycles. The van der Waals surface area contributed by atoms with E-state index >= 15 is 0 Å². The first kappa shape index (κ1) is 13.7. The van der Waals surface area contributed by atoms with E-state index in [-0.39, 0.29) is 12.6 Å². The van der Waals surface area contributed by atoms with Crippen molar-refractivity contribution in [1.82, 2.24) is 0 Å². The molecule has 0 aliphatic carbocycles. The van der Waals surface area contributed by atoms with E-state index < -0.39 is 5.09 Å². The third-order valence-electron chi connectivity index (χ3n) is 1.95. The van der Waals surface area contributed by atoms with E-state index in [1.165, 1.54) is 7.11 Å². The molecule has 0 aliphatic heterocycles. The minimum atomic E-state index is -0.781. The summed E-state index contributed by atoms with van der Waals surface area (Å²) in [7, 11) is 1.37. The molecule has 6 heteroatoms. The van der Waals surface area contributed by atoms with Gasteiger partial charge in [0.05, 0.1) is 13.7 Å². The van der Waals surface area contributed by atoms with Crippen molar-refractivity contribution in [3.8, 4) is 0 Å². The second-order valence-corrected chi connectivity index (χ2v) is 3.15. The molecular formula is C9H17NO5. The van der Waals surface area contributed by atoms with Crippen LogP contribution in [0.3, 0.4) is 0 Å². The van der Waals surface area contributed by atoms with Gasteiger partial charge in [0, 0.05) is 6.42 Å². The first-order valence-electron chi connectivity index (χ1n) is 5.01. The van der Waals surface area contributed by atoms with Crippen molar-refractivity contribution in [1.29, 1.82) is 0 Å². The van der Waals surface area contributed by atoms with Gasteiger partial charge in [0.25, 0.3) is 5.09 Å². The zero-order valence-corrected chi connectivity index (χ0v) is 8.94. The number of esters is 1. The Balaban J connectivity index is 3.05. The Labute approximate surface area is 88.7 Å². The zero-order chi connectivity index (χ0) is 11.5. The van der Waals surface area contributed by atoms with Gasteiger partial charge in [0.1, 0.15) is 0 Å². The van der Waals surface area contributed by atoms with Gasteiger partial charge < -0.3 is 9.57 Å². The van der Waals surface area contributed by atoms with Crippen LogP contribution in [0.5, 0.6) is 0 Å². The lowest BCUT2D eigenvalue weighted by Crippen LogP contribution is -2.02. The number of hydrogen-bond acceptors (Lipinski definition) is 5. The van der Waals surface area contributed by atoms with E-state index in [4.69, 9.17) is 0 Å². The predicted octanol–water partition coefficient (Wildman–Crippen LogP) is 1.71. The first-order chi connectivity index (χ1) is 7.16. The normalized spacial score (nSPS) is 9.67. The van der Waals surface area contributed by atoms with Gasteiger partial charge in [-0.05, 0) is 12.8 Å². The second-order valence-electron chi connectivity index (χ2n) is 3.15. The Morgan fingerprint density at radius 1 is 1.20 bits per heavy atom. The topological polar surface area (TPSA) is 78.7 Å². The van der Waals surface area contributed by atoms with Crippen molar-refractivity contribution >= 4 is 5.97 Å². The number of unbranched alkanes of at least 4 members (excludes halogenated alkanes) is 4. The largest absolute Gasteiger partial charge is 0.469 e. The van der Waals surface area contributed by atoms with Gasteiger partial charge in [-0.3, -0.25) is 4.79 Å². The minimum Gasteiger partial charge on any atom is -0.469 e. The number of hydrogen-bond donors (Lipinski definition) is 0. The van der Waals surface area contributed by atoms with E-state index in [9.17, 15) is 14.9 Å². The van der Waals surface area contributed by atoms with Gasteiger partial charge in [-0.25, -0.2) is 0 Å². The van der Waals surface area contributed by atoms with Crippen LogP contribution < -0.4 is 0 Å². The second kappa shape index (κ2) is 9.23. The fourth-order valence-electron chi connectivity index (χ4n) is 1.14. The van der Waals surface area contributed by atoms with E-state index in [0.717, 1.165) is 25.7 Å². The Morgan fingerprint density at radius 2 is 1.80 bits per heavy atom. The van der Waals surface area contributed by atoms with Crippen LogP contribution in [0.1, 0.15) is 38.5 Å². The number of carbonyl (C=O) groups excluding carboxylic acids is 1. The number of nitrogens with zero attached hydrogens (tertiary/aromatic N) is 1. The van der Waals surface area contributed by atoms with Gasteiger partial charge in [-0.1, -0.05) is 19.3 Å². The third kappa shape index (κ3) is 10.6. The molecule has 0 N–H and O–H groups in total. The highest BCUT2D eigenvalue weighted by atomic mass is 16.9. The maximum atomic E-state index is 10.7. The average Bonchev–Trinajstić information content (AvgIpc) is 2.21. The molecule has 0 rings (SSSR count). The van der Waals surface area contributed by atoms with Crippen LogP contribution in [-0.4, -0.2) is 24.8 Å². The Kier molecular flexibility index (Phi) is 8.42. The number of rotatable bonds is 9. The lowest BCUT2D eigenvalue weighted by atomic mass is 10.1. The van der Waals surface area contributed by atoms with Crippen LogP contribution in [0.4, 0.5) is 0 Å². The SMILES string of the molecule is COC(=O)CCCCCCCO[N+](=O)[O-]. The van der Waals surface area contributed by atoms with Crippen molar-refractivity contribution in [2.24, 2.45) is 0 Å². The molecule has 0 unspecified atom stereocenters. The summed E-state index contributed by atoms with van der Waals surface area (Å²) < 4.78 is 4.49. The van der Waals surface area contributed by atoms with Gasteiger partial charge in [0.2, 0.25) is 0 Å². The number of carbonyl (C=O) groups is 1. The fraction of sp³-hybridized carbons (Fsp3) is 0.889. The standard InChI is InChI=1S/C9H17NO5/c1-14-9(11)7-5-3-2-4-6-8-15-10(12)13/h2-8H2,1H3. The van der Waals surface area contributed by atoms with Gasteiger partial charge in [0.15, 0.2) is 0 Å². The summed E-state index contributed by atoms with van der Waals surface area (Å²) in [5.41, 5.74) is 0. The third-order valence-corrected chi connectivity index (χ3v) is 1.95. The van der Waals surface area contributed by atoms with Crippen LogP contribution in [0.2, 0.25) is 0 Å². The van der Waals surface area contributed by atoms with Crippen molar-refractivity contribution in [3.63, 3.8) is 0 Å². The molecule has 0 saturated carbocycles.